The molecule has 4 heteroatoms. The van der Waals surface area contributed by atoms with Gasteiger partial charge >= 0.3 is 5.97 Å². The normalized spacial score (nSPS) is 11.6. The van der Waals surface area contributed by atoms with Gasteiger partial charge in [-0.05, 0) is 45.2 Å². The summed E-state index contributed by atoms with van der Waals surface area (Å²) < 4.78 is 6.58. The summed E-state index contributed by atoms with van der Waals surface area (Å²) in [6.07, 6.45) is 1.65. The van der Waals surface area contributed by atoms with Crippen LogP contribution in [0.5, 0.6) is 0 Å². The zero-order valence-corrected chi connectivity index (χ0v) is 12.3. The van der Waals surface area contributed by atoms with Crippen molar-refractivity contribution in [1.29, 1.82) is 0 Å². The highest BCUT2D eigenvalue weighted by Gasteiger charge is 2.23. The molecule has 0 atom stereocenters. The lowest BCUT2D eigenvalue weighted by atomic mass is 9.98. The highest BCUT2D eigenvalue weighted by molar-refractivity contribution is 5.82. The van der Waals surface area contributed by atoms with Crippen molar-refractivity contribution in [3.8, 4) is 0 Å². The van der Waals surface area contributed by atoms with E-state index in [-0.39, 0.29) is 18.3 Å². The van der Waals surface area contributed by atoms with Gasteiger partial charge in [0, 0.05) is 11.6 Å². The number of rotatable bonds is 2. The lowest BCUT2D eigenvalue weighted by Gasteiger charge is -2.17. The quantitative estimate of drug-likeness (QED) is 0.790. The summed E-state index contributed by atoms with van der Waals surface area (Å²) in [7, 11) is 0. The Balaban J connectivity index is 2.30. The largest absolute Gasteiger partial charge is 0.443 e. The van der Waals surface area contributed by atoms with E-state index in [2.05, 4.69) is 0 Å². The lowest BCUT2D eigenvalue weighted by molar-refractivity contribution is -0.157. The van der Waals surface area contributed by atoms with Gasteiger partial charge in [-0.3, -0.25) is 14.2 Å². The minimum absolute atomic E-state index is 0.0567. The molecular formula is C16H19NO3. The molecule has 0 aliphatic rings. The van der Waals surface area contributed by atoms with Crippen LogP contribution in [0.2, 0.25) is 0 Å². The molecule has 0 radical (unpaired) electrons. The van der Waals surface area contributed by atoms with Gasteiger partial charge in [0.25, 0.3) is 5.56 Å². The Morgan fingerprint density at radius 2 is 1.95 bits per heavy atom. The van der Waals surface area contributed by atoms with E-state index in [1.54, 1.807) is 27.0 Å². The third-order valence-corrected chi connectivity index (χ3v) is 3.08. The van der Waals surface area contributed by atoms with E-state index in [9.17, 15) is 9.59 Å². The Morgan fingerprint density at radius 1 is 1.25 bits per heavy atom. The topological polar surface area (TPSA) is 48.3 Å². The SMILES string of the molecule is Cc1ccc2ccn(COC(=O)C(C)(C)C)c(=O)c2c1. The number of benzene rings is 1. The molecule has 0 aliphatic carbocycles. The average Bonchev–Trinajstić information content (AvgIpc) is 2.37. The smallest absolute Gasteiger partial charge is 0.312 e. The van der Waals surface area contributed by atoms with Crippen LogP contribution in [0.3, 0.4) is 0 Å². The van der Waals surface area contributed by atoms with Crippen LogP contribution in [-0.4, -0.2) is 10.5 Å². The van der Waals surface area contributed by atoms with Crippen LogP contribution in [0, 0.1) is 12.3 Å². The Morgan fingerprint density at radius 3 is 2.60 bits per heavy atom. The van der Waals surface area contributed by atoms with Crippen LogP contribution in [0.1, 0.15) is 26.3 Å². The number of carbonyl (C=O) groups excluding carboxylic acids is 1. The molecule has 0 saturated carbocycles. The maximum Gasteiger partial charge on any atom is 0.312 e. The Hall–Kier alpha value is -2.10. The van der Waals surface area contributed by atoms with Crippen molar-refractivity contribution in [2.75, 3.05) is 0 Å². The molecule has 2 rings (SSSR count). The van der Waals surface area contributed by atoms with E-state index in [1.165, 1.54) is 4.57 Å². The molecule has 0 bridgehead atoms. The number of hydrogen-bond donors (Lipinski definition) is 0. The summed E-state index contributed by atoms with van der Waals surface area (Å²) in [5.41, 5.74) is 0.309. The van der Waals surface area contributed by atoms with Crippen molar-refractivity contribution in [2.45, 2.75) is 34.4 Å². The lowest BCUT2D eigenvalue weighted by Crippen LogP contribution is -2.27. The molecule has 0 N–H and O–H groups in total. The average molecular weight is 273 g/mol. The number of aromatic nitrogens is 1. The van der Waals surface area contributed by atoms with Gasteiger partial charge in [-0.25, -0.2) is 0 Å². The summed E-state index contributed by atoms with van der Waals surface area (Å²) in [6.45, 7) is 7.22. The highest BCUT2D eigenvalue weighted by atomic mass is 16.5. The molecule has 106 valence electrons. The molecule has 0 aliphatic heterocycles. The molecule has 0 fully saturated rings. The number of fused-ring (bicyclic) bond motifs is 1. The molecule has 1 aromatic carbocycles. The van der Waals surface area contributed by atoms with Gasteiger partial charge < -0.3 is 4.74 Å². The Labute approximate surface area is 118 Å². The molecule has 2 aromatic rings. The van der Waals surface area contributed by atoms with Gasteiger partial charge in [0.05, 0.1) is 5.41 Å². The van der Waals surface area contributed by atoms with Gasteiger partial charge in [-0.15, -0.1) is 0 Å². The van der Waals surface area contributed by atoms with E-state index in [1.807, 2.05) is 31.2 Å². The van der Waals surface area contributed by atoms with Crippen LogP contribution in [0.4, 0.5) is 0 Å². The predicted octanol–water partition coefficient (Wildman–Crippen LogP) is 2.86. The molecule has 0 amide bonds. The van der Waals surface area contributed by atoms with Gasteiger partial charge in [0.15, 0.2) is 6.73 Å². The standard InChI is InChI=1S/C16H19NO3/c1-11-5-6-12-7-8-17(14(18)13(12)9-11)10-20-15(19)16(2,3)4/h5-9H,10H2,1-4H3. The monoisotopic (exact) mass is 273 g/mol. The van der Waals surface area contributed by atoms with Crippen molar-refractivity contribution in [3.05, 3.63) is 46.4 Å². The minimum atomic E-state index is -0.572. The Kier molecular flexibility index (Phi) is 3.66. The van der Waals surface area contributed by atoms with E-state index in [0.717, 1.165) is 10.9 Å². The van der Waals surface area contributed by atoms with E-state index in [4.69, 9.17) is 4.74 Å². The summed E-state index contributed by atoms with van der Waals surface area (Å²) in [5, 5.41) is 1.53. The number of pyridine rings is 1. The van der Waals surface area contributed by atoms with Gasteiger partial charge in [-0.1, -0.05) is 17.7 Å². The van der Waals surface area contributed by atoms with Crippen LogP contribution in [0.25, 0.3) is 10.8 Å². The predicted molar refractivity (Wildman–Crippen MR) is 78.5 cm³/mol. The second-order valence-corrected chi connectivity index (χ2v) is 5.99. The highest BCUT2D eigenvalue weighted by Crippen LogP contribution is 2.16. The van der Waals surface area contributed by atoms with Crippen LogP contribution in [0.15, 0.2) is 35.3 Å². The number of aryl methyl sites for hydroxylation is 1. The van der Waals surface area contributed by atoms with Crippen molar-refractivity contribution in [1.82, 2.24) is 4.57 Å². The van der Waals surface area contributed by atoms with Crippen LogP contribution in [-0.2, 0) is 16.3 Å². The van der Waals surface area contributed by atoms with E-state index in [0.29, 0.717) is 5.39 Å². The molecular weight excluding hydrogens is 254 g/mol. The fraction of sp³-hybridized carbons (Fsp3) is 0.375. The fourth-order valence-corrected chi connectivity index (χ4v) is 1.84. The molecule has 0 unspecified atom stereocenters. The molecule has 20 heavy (non-hydrogen) atoms. The third-order valence-electron chi connectivity index (χ3n) is 3.08. The first kappa shape index (κ1) is 14.3. The zero-order valence-electron chi connectivity index (χ0n) is 12.3. The summed E-state index contributed by atoms with van der Waals surface area (Å²) in [5.74, 6) is -0.325. The van der Waals surface area contributed by atoms with Crippen LogP contribution >= 0.6 is 0 Å². The van der Waals surface area contributed by atoms with Crippen molar-refractivity contribution in [3.63, 3.8) is 0 Å². The first-order valence-electron chi connectivity index (χ1n) is 6.56. The summed E-state index contributed by atoms with van der Waals surface area (Å²) in [4.78, 5) is 24.0. The van der Waals surface area contributed by atoms with Gasteiger partial charge in [0.1, 0.15) is 0 Å². The number of carbonyl (C=O) groups is 1. The van der Waals surface area contributed by atoms with E-state index < -0.39 is 5.41 Å². The Bertz CT molecular complexity index is 708. The number of esters is 1. The molecule has 1 aromatic heterocycles. The van der Waals surface area contributed by atoms with Gasteiger partial charge in [0.2, 0.25) is 0 Å². The minimum Gasteiger partial charge on any atom is -0.443 e. The maximum absolute atomic E-state index is 12.3. The first-order valence-corrected chi connectivity index (χ1v) is 6.56. The molecule has 0 spiro atoms. The van der Waals surface area contributed by atoms with Crippen molar-refractivity contribution < 1.29 is 9.53 Å². The molecule has 1 heterocycles. The maximum atomic E-state index is 12.3. The first-order chi connectivity index (χ1) is 9.29. The molecule has 4 nitrogen and oxygen atoms in total. The van der Waals surface area contributed by atoms with Crippen molar-refractivity contribution >= 4 is 16.7 Å². The third kappa shape index (κ3) is 2.90. The number of ether oxygens (including phenoxy) is 1. The second-order valence-electron chi connectivity index (χ2n) is 5.99. The fourth-order valence-electron chi connectivity index (χ4n) is 1.84. The molecule has 0 saturated heterocycles. The van der Waals surface area contributed by atoms with Crippen LogP contribution < -0.4 is 5.56 Å². The second kappa shape index (κ2) is 5.12. The van der Waals surface area contributed by atoms with Gasteiger partial charge in [-0.2, -0.15) is 0 Å². The summed E-state index contributed by atoms with van der Waals surface area (Å²) in [6, 6.07) is 7.57. The summed E-state index contributed by atoms with van der Waals surface area (Å²) >= 11 is 0. The van der Waals surface area contributed by atoms with E-state index >= 15 is 0 Å². The van der Waals surface area contributed by atoms with Crippen molar-refractivity contribution in [2.24, 2.45) is 5.41 Å². The number of nitrogens with zero attached hydrogens (tertiary/aromatic N) is 1. The number of hydrogen-bond acceptors (Lipinski definition) is 3. The zero-order chi connectivity index (χ0) is 14.9.